The minimum atomic E-state index is -0.182. The van der Waals surface area contributed by atoms with Gasteiger partial charge in [-0.3, -0.25) is 0 Å². The lowest BCUT2D eigenvalue weighted by Gasteiger charge is -2.40. The summed E-state index contributed by atoms with van der Waals surface area (Å²) in [5, 5.41) is 9.60. The zero-order chi connectivity index (χ0) is 13.6. The summed E-state index contributed by atoms with van der Waals surface area (Å²) in [5.74, 6) is 2.26. The molecule has 0 radical (unpaired) electrons. The van der Waals surface area contributed by atoms with Gasteiger partial charge in [-0.2, -0.15) is 11.8 Å². The van der Waals surface area contributed by atoms with E-state index in [9.17, 15) is 5.11 Å². The lowest BCUT2D eigenvalue weighted by Crippen LogP contribution is -2.35. The minimum absolute atomic E-state index is 0.182. The second-order valence-electron chi connectivity index (χ2n) is 7.88. The second-order valence-corrected chi connectivity index (χ2v) is 9.56. The maximum atomic E-state index is 9.60. The molecule has 0 spiro atoms. The van der Waals surface area contributed by atoms with Gasteiger partial charge < -0.3 is 5.11 Å². The van der Waals surface area contributed by atoms with E-state index in [1.54, 1.807) is 0 Å². The first-order valence-electron chi connectivity index (χ1n) is 7.51. The predicted octanol–water partition coefficient (Wildman–Crippen LogP) is 4.49. The third-order valence-electron chi connectivity index (χ3n) is 5.86. The van der Waals surface area contributed by atoms with Crippen LogP contribution in [-0.2, 0) is 0 Å². The zero-order valence-corrected chi connectivity index (χ0v) is 13.6. The molecule has 0 aromatic heterocycles. The molecule has 1 N–H and O–H groups in total. The molecule has 0 unspecified atom stereocenters. The van der Waals surface area contributed by atoms with Gasteiger partial charge in [-0.05, 0) is 61.5 Å². The largest absolute Gasteiger partial charge is 0.393 e. The fraction of sp³-hybridized carbons (Fsp3) is 1.00. The van der Waals surface area contributed by atoms with Crippen molar-refractivity contribution in [3.63, 3.8) is 0 Å². The van der Waals surface area contributed by atoms with Crippen LogP contribution < -0.4 is 0 Å². The van der Waals surface area contributed by atoms with Crippen LogP contribution in [0.25, 0.3) is 0 Å². The van der Waals surface area contributed by atoms with E-state index in [0.29, 0.717) is 10.8 Å². The fourth-order valence-electron chi connectivity index (χ4n) is 4.40. The zero-order valence-electron chi connectivity index (χ0n) is 12.8. The van der Waals surface area contributed by atoms with E-state index < -0.39 is 0 Å². The minimum Gasteiger partial charge on any atom is -0.393 e. The molecule has 106 valence electrons. The maximum absolute atomic E-state index is 9.60. The van der Waals surface area contributed by atoms with E-state index in [1.165, 1.54) is 31.4 Å². The van der Waals surface area contributed by atoms with Crippen LogP contribution in [0.15, 0.2) is 0 Å². The lowest BCUT2D eigenvalue weighted by molar-refractivity contribution is 0.156. The standard InChI is InChI=1S/C16H30OS/c1-12(17)10-14(2,3)18-11-16-8-6-13(7-9-16)15(16,4)5/h12-13,17H,6-11H2,1-5H3/t12-,13?,16?/m0/s1. The SMILES string of the molecule is C[C@H](O)CC(C)(C)SCC12CCC(CC1)C2(C)C. The van der Waals surface area contributed by atoms with Crippen LogP contribution in [0.4, 0.5) is 0 Å². The summed E-state index contributed by atoms with van der Waals surface area (Å²) in [7, 11) is 0. The average Bonchev–Trinajstić information content (AvgIpc) is 2.61. The highest BCUT2D eigenvalue weighted by atomic mass is 32.2. The quantitative estimate of drug-likeness (QED) is 0.794. The smallest absolute Gasteiger partial charge is 0.0525 e. The summed E-state index contributed by atoms with van der Waals surface area (Å²) in [6, 6.07) is 0. The second kappa shape index (κ2) is 4.70. The van der Waals surface area contributed by atoms with Gasteiger partial charge in [0.25, 0.3) is 0 Å². The van der Waals surface area contributed by atoms with Crippen molar-refractivity contribution in [2.45, 2.75) is 77.6 Å². The molecule has 2 rings (SSSR count). The Morgan fingerprint density at radius 2 is 1.83 bits per heavy atom. The number of aliphatic hydroxyl groups is 1. The third kappa shape index (κ3) is 2.47. The lowest BCUT2D eigenvalue weighted by atomic mass is 9.71. The first-order valence-corrected chi connectivity index (χ1v) is 8.49. The van der Waals surface area contributed by atoms with Gasteiger partial charge in [0.05, 0.1) is 6.10 Å². The Labute approximate surface area is 117 Å². The van der Waals surface area contributed by atoms with E-state index in [1.807, 2.05) is 6.92 Å². The molecule has 2 aliphatic rings. The molecule has 18 heavy (non-hydrogen) atoms. The highest BCUT2D eigenvalue weighted by Gasteiger charge is 2.58. The number of hydrogen-bond donors (Lipinski definition) is 1. The summed E-state index contributed by atoms with van der Waals surface area (Å²) < 4.78 is 0.208. The van der Waals surface area contributed by atoms with Crippen molar-refractivity contribution < 1.29 is 5.11 Å². The van der Waals surface area contributed by atoms with Crippen LogP contribution in [-0.4, -0.2) is 21.7 Å². The Balaban J connectivity index is 1.98. The summed E-state index contributed by atoms with van der Waals surface area (Å²) >= 11 is 2.10. The third-order valence-corrected chi connectivity index (χ3v) is 7.50. The van der Waals surface area contributed by atoms with Crippen LogP contribution in [0.3, 0.4) is 0 Å². The molecule has 0 heterocycles. The molecule has 0 aliphatic heterocycles. The first kappa shape index (κ1) is 14.7. The van der Waals surface area contributed by atoms with Crippen molar-refractivity contribution in [3.05, 3.63) is 0 Å². The van der Waals surface area contributed by atoms with Gasteiger partial charge in [0.15, 0.2) is 0 Å². The van der Waals surface area contributed by atoms with Gasteiger partial charge in [0.2, 0.25) is 0 Å². The van der Waals surface area contributed by atoms with E-state index in [-0.39, 0.29) is 10.9 Å². The maximum Gasteiger partial charge on any atom is 0.0525 e. The molecular formula is C16H30OS. The number of thioether (sulfide) groups is 1. The molecule has 2 saturated carbocycles. The van der Waals surface area contributed by atoms with Gasteiger partial charge in [0.1, 0.15) is 0 Å². The molecule has 0 aromatic carbocycles. The molecule has 0 aromatic rings. The summed E-state index contributed by atoms with van der Waals surface area (Å²) in [4.78, 5) is 0. The molecule has 2 heteroatoms. The molecule has 1 atom stereocenters. The van der Waals surface area contributed by atoms with E-state index >= 15 is 0 Å². The Hall–Kier alpha value is 0.310. The summed E-state index contributed by atoms with van der Waals surface area (Å²) in [6.45, 7) is 11.5. The molecular weight excluding hydrogens is 240 g/mol. The van der Waals surface area contributed by atoms with Crippen molar-refractivity contribution in [1.29, 1.82) is 0 Å². The highest BCUT2D eigenvalue weighted by molar-refractivity contribution is 8.00. The molecule has 2 aliphatic carbocycles. The Morgan fingerprint density at radius 3 is 2.22 bits per heavy atom. The summed E-state index contributed by atoms with van der Waals surface area (Å²) in [5.41, 5.74) is 1.12. The van der Waals surface area contributed by atoms with Gasteiger partial charge >= 0.3 is 0 Å². The van der Waals surface area contributed by atoms with Crippen molar-refractivity contribution in [1.82, 2.24) is 0 Å². The predicted molar refractivity (Wildman–Crippen MR) is 81.0 cm³/mol. The topological polar surface area (TPSA) is 20.2 Å². The highest BCUT2D eigenvalue weighted by Crippen LogP contribution is 2.67. The van der Waals surface area contributed by atoms with Crippen LogP contribution >= 0.6 is 11.8 Å². The molecule has 0 saturated heterocycles. The van der Waals surface area contributed by atoms with E-state index in [4.69, 9.17) is 0 Å². The Kier molecular flexibility index (Phi) is 3.84. The van der Waals surface area contributed by atoms with Crippen molar-refractivity contribution in [3.8, 4) is 0 Å². The van der Waals surface area contributed by atoms with E-state index in [0.717, 1.165) is 12.3 Å². The van der Waals surface area contributed by atoms with Crippen molar-refractivity contribution >= 4 is 11.8 Å². The number of hydrogen-bond acceptors (Lipinski definition) is 2. The van der Waals surface area contributed by atoms with Crippen molar-refractivity contribution in [2.24, 2.45) is 16.7 Å². The monoisotopic (exact) mass is 270 g/mol. The molecule has 1 nitrogen and oxygen atoms in total. The summed E-state index contributed by atoms with van der Waals surface area (Å²) in [6.07, 6.45) is 6.48. The molecule has 2 fully saturated rings. The van der Waals surface area contributed by atoms with Gasteiger partial charge in [0, 0.05) is 4.75 Å². The van der Waals surface area contributed by atoms with E-state index in [2.05, 4.69) is 39.5 Å². The molecule has 2 bridgehead atoms. The van der Waals surface area contributed by atoms with Crippen LogP contribution in [0.5, 0.6) is 0 Å². The van der Waals surface area contributed by atoms with Gasteiger partial charge in [-0.15, -0.1) is 0 Å². The van der Waals surface area contributed by atoms with Crippen molar-refractivity contribution in [2.75, 3.05) is 5.75 Å². The van der Waals surface area contributed by atoms with Gasteiger partial charge in [-0.1, -0.05) is 27.7 Å². The van der Waals surface area contributed by atoms with Gasteiger partial charge in [-0.25, -0.2) is 0 Å². The Morgan fingerprint density at radius 1 is 1.28 bits per heavy atom. The number of aliphatic hydroxyl groups excluding tert-OH is 1. The molecule has 0 amide bonds. The normalized spacial score (nSPS) is 36.0. The number of rotatable bonds is 5. The average molecular weight is 270 g/mol. The fourth-order valence-corrected chi connectivity index (χ4v) is 6.09. The first-order chi connectivity index (χ1) is 8.19. The van der Waals surface area contributed by atoms with Crippen LogP contribution in [0, 0.1) is 16.7 Å². The van der Waals surface area contributed by atoms with Crippen LogP contribution in [0.1, 0.15) is 66.7 Å². The Bertz CT molecular complexity index is 298. The number of fused-ring (bicyclic) bond motifs is 2. The van der Waals surface area contributed by atoms with Crippen LogP contribution in [0.2, 0.25) is 0 Å².